The third-order valence-electron chi connectivity index (χ3n) is 2.90. The second kappa shape index (κ2) is 6.08. The van der Waals surface area contributed by atoms with E-state index >= 15 is 0 Å². The summed E-state index contributed by atoms with van der Waals surface area (Å²) < 4.78 is 4.88. The molecule has 1 rings (SSSR count). The largest absolute Gasteiger partial charge is 0.465 e. The highest BCUT2D eigenvalue weighted by Crippen LogP contribution is 2.19. The Morgan fingerprint density at radius 3 is 2.53 bits per heavy atom. The minimum absolute atomic E-state index is 0.178. The number of carbonyl (C=O) groups is 1. The Balaban J connectivity index is 2.32. The van der Waals surface area contributed by atoms with Gasteiger partial charge in [-0.2, -0.15) is 0 Å². The minimum atomic E-state index is -0.178. The molecule has 2 unspecified atom stereocenters. The number of hydrazine groups is 1. The number of esters is 1. The molecular formula is C11H22N2O2. The van der Waals surface area contributed by atoms with Crippen LogP contribution in [0.4, 0.5) is 0 Å². The van der Waals surface area contributed by atoms with Crippen LogP contribution in [0.3, 0.4) is 0 Å². The highest BCUT2D eigenvalue weighted by atomic mass is 16.5. The maximum Gasteiger partial charge on any atom is 0.321 e. The minimum Gasteiger partial charge on any atom is -0.465 e. The first-order chi connectivity index (χ1) is 7.15. The maximum absolute atomic E-state index is 11.2. The van der Waals surface area contributed by atoms with Gasteiger partial charge in [-0.1, -0.05) is 6.42 Å². The molecule has 0 aromatic rings. The van der Waals surface area contributed by atoms with Gasteiger partial charge in [-0.3, -0.25) is 4.79 Å². The van der Waals surface area contributed by atoms with Gasteiger partial charge in [0.15, 0.2) is 0 Å². The molecule has 1 aliphatic rings. The summed E-state index contributed by atoms with van der Waals surface area (Å²) in [5.74, 6) is -0.178. The molecule has 1 aliphatic heterocycles. The maximum atomic E-state index is 11.2. The predicted octanol–water partition coefficient (Wildman–Crippen LogP) is 1.32. The van der Waals surface area contributed by atoms with Crippen molar-refractivity contribution < 1.29 is 9.53 Å². The highest BCUT2D eigenvalue weighted by Gasteiger charge is 2.24. The standard InChI is InChI=1S/C11H22N2O2/c1-4-15-11(14)8-12-13-9(2)6-5-7-10(13)3/h9-10,12H,4-8H2,1-3H3. The summed E-state index contributed by atoms with van der Waals surface area (Å²) in [5, 5.41) is 2.18. The Kier molecular flexibility index (Phi) is 5.05. The topological polar surface area (TPSA) is 41.6 Å². The monoisotopic (exact) mass is 214 g/mol. The molecule has 4 heteroatoms. The molecule has 0 spiro atoms. The third kappa shape index (κ3) is 3.80. The number of piperidine rings is 1. The molecule has 0 amide bonds. The zero-order valence-electron chi connectivity index (χ0n) is 9.95. The van der Waals surface area contributed by atoms with Crippen LogP contribution >= 0.6 is 0 Å². The van der Waals surface area contributed by atoms with Gasteiger partial charge in [0.2, 0.25) is 0 Å². The molecule has 1 fully saturated rings. The van der Waals surface area contributed by atoms with E-state index in [1.165, 1.54) is 19.3 Å². The van der Waals surface area contributed by atoms with Crippen molar-refractivity contribution in [3.05, 3.63) is 0 Å². The molecule has 88 valence electrons. The summed E-state index contributed by atoms with van der Waals surface area (Å²) in [7, 11) is 0. The molecule has 15 heavy (non-hydrogen) atoms. The Hall–Kier alpha value is -0.610. The van der Waals surface area contributed by atoms with Crippen molar-refractivity contribution in [2.45, 2.75) is 52.1 Å². The zero-order chi connectivity index (χ0) is 11.3. The van der Waals surface area contributed by atoms with Crippen LogP contribution in [0, 0.1) is 0 Å². The summed E-state index contributed by atoms with van der Waals surface area (Å²) in [5.41, 5.74) is 3.16. The van der Waals surface area contributed by atoms with E-state index in [-0.39, 0.29) is 12.5 Å². The lowest BCUT2D eigenvalue weighted by atomic mass is 10.00. The Labute approximate surface area is 91.9 Å². The van der Waals surface area contributed by atoms with Crippen molar-refractivity contribution in [3.8, 4) is 0 Å². The van der Waals surface area contributed by atoms with Crippen LogP contribution in [0.5, 0.6) is 0 Å². The zero-order valence-corrected chi connectivity index (χ0v) is 9.95. The van der Waals surface area contributed by atoms with E-state index in [0.29, 0.717) is 18.7 Å². The van der Waals surface area contributed by atoms with Gasteiger partial charge in [-0.25, -0.2) is 10.4 Å². The van der Waals surface area contributed by atoms with E-state index in [0.717, 1.165) is 0 Å². The van der Waals surface area contributed by atoms with E-state index in [9.17, 15) is 4.79 Å². The van der Waals surface area contributed by atoms with Crippen molar-refractivity contribution in [1.29, 1.82) is 0 Å². The molecule has 1 heterocycles. The van der Waals surface area contributed by atoms with Crippen LogP contribution in [0.2, 0.25) is 0 Å². The molecule has 1 saturated heterocycles. The molecule has 0 aromatic heterocycles. The van der Waals surface area contributed by atoms with Crippen LogP contribution in [0.15, 0.2) is 0 Å². The highest BCUT2D eigenvalue weighted by molar-refractivity contribution is 5.71. The number of rotatable bonds is 4. The summed E-state index contributed by atoms with van der Waals surface area (Å²) in [6.45, 7) is 6.93. The van der Waals surface area contributed by atoms with Crippen LogP contribution in [-0.4, -0.2) is 36.2 Å². The summed E-state index contributed by atoms with van der Waals surface area (Å²) in [6.07, 6.45) is 3.67. The molecular weight excluding hydrogens is 192 g/mol. The molecule has 4 nitrogen and oxygen atoms in total. The second-order valence-electron chi connectivity index (χ2n) is 4.18. The number of ether oxygens (including phenoxy) is 1. The number of carbonyl (C=O) groups excluding carboxylic acids is 1. The lowest BCUT2D eigenvalue weighted by Crippen LogP contribution is -2.53. The first-order valence-corrected chi connectivity index (χ1v) is 5.82. The van der Waals surface area contributed by atoms with E-state index in [1.807, 2.05) is 6.92 Å². The molecule has 0 radical (unpaired) electrons. The van der Waals surface area contributed by atoms with Gasteiger partial charge in [0.25, 0.3) is 0 Å². The van der Waals surface area contributed by atoms with Crippen molar-refractivity contribution in [1.82, 2.24) is 10.4 Å². The molecule has 0 aliphatic carbocycles. The molecule has 0 saturated carbocycles. The molecule has 0 bridgehead atoms. The predicted molar refractivity (Wildman–Crippen MR) is 59.2 cm³/mol. The quantitative estimate of drug-likeness (QED) is 0.717. The number of hydrogen-bond acceptors (Lipinski definition) is 4. The van der Waals surface area contributed by atoms with Crippen LogP contribution < -0.4 is 5.43 Å². The van der Waals surface area contributed by atoms with Crippen LogP contribution in [0.25, 0.3) is 0 Å². The third-order valence-corrected chi connectivity index (χ3v) is 2.90. The Bertz CT molecular complexity index is 199. The van der Waals surface area contributed by atoms with Crippen LogP contribution in [0.1, 0.15) is 40.0 Å². The SMILES string of the molecule is CCOC(=O)CNN1C(C)CCCC1C. The normalized spacial score (nSPS) is 27.7. The van der Waals surface area contributed by atoms with Gasteiger partial charge < -0.3 is 4.74 Å². The molecule has 0 aromatic carbocycles. The fourth-order valence-corrected chi connectivity index (χ4v) is 2.10. The van der Waals surface area contributed by atoms with Gasteiger partial charge >= 0.3 is 5.97 Å². The number of nitrogens with one attached hydrogen (secondary N) is 1. The molecule has 1 N–H and O–H groups in total. The van der Waals surface area contributed by atoms with Crippen LogP contribution in [-0.2, 0) is 9.53 Å². The van der Waals surface area contributed by atoms with E-state index in [4.69, 9.17) is 4.74 Å². The van der Waals surface area contributed by atoms with Gasteiger partial charge in [-0.15, -0.1) is 0 Å². The lowest BCUT2D eigenvalue weighted by molar-refractivity contribution is -0.143. The van der Waals surface area contributed by atoms with Gasteiger partial charge in [-0.05, 0) is 33.6 Å². The van der Waals surface area contributed by atoms with Crippen molar-refractivity contribution in [2.75, 3.05) is 13.2 Å². The van der Waals surface area contributed by atoms with Gasteiger partial charge in [0, 0.05) is 12.1 Å². The fourth-order valence-electron chi connectivity index (χ4n) is 2.10. The van der Waals surface area contributed by atoms with E-state index in [1.54, 1.807) is 0 Å². The number of nitrogens with zero attached hydrogens (tertiary/aromatic N) is 1. The molecule has 2 atom stereocenters. The lowest BCUT2D eigenvalue weighted by Gasteiger charge is -2.38. The Morgan fingerprint density at radius 1 is 1.40 bits per heavy atom. The summed E-state index contributed by atoms with van der Waals surface area (Å²) in [4.78, 5) is 11.2. The first kappa shape index (κ1) is 12.5. The second-order valence-corrected chi connectivity index (χ2v) is 4.18. The average molecular weight is 214 g/mol. The van der Waals surface area contributed by atoms with Crippen molar-refractivity contribution >= 4 is 5.97 Å². The van der Waals surface area contributed by atoms with Crippen molar-refractivity contribution in [2.24, 2.45) is 0 Å². The smallest absolute Gasteiger partial charge is 0.321 e. The van der Waals surface area contributed by atoms with Gasteiger partial charge in [0.1, 0.15) is 6.54 Å². The van der Waals surface area contributed by atoms with E-state index < -0.39 is 0 Å². The summed E-state index contributed by atoms with van der Waals surface area (Å²) >= 11 is 0. The fraction of sp³-hybridized carbons (Fsp3) is 0.909. The van der Waals surface area contributed by atoms with Crippen molar-refractivity contribution in [3.63, 3.8) is 0 Å². The average Bonchev–Trinajstić information content (AvgIpc) is 2.17. The summed E-state index contributed by atoms with van der Waals surface area (Å²) in [6, 6.07) is 1.01. The van der Waals surface area contributed by atoms with Gasteiger partial charge in [0.05, 0.1) is 6.61 Å². The number of hydrogen-bond donors (Lipinski definition) is 1. The Morgan fingerprint density at radius 2 is 2.00 bits per heavy atom. The van der Waals surface area contributed by atoms with E-state index in [2.05, 4.69) is 24.3 Å². The first-order valence-electron chi connectivity index (χ1n) is 5.82.